The maximum Gasteiger partial charge on any atom is 0.358 e. The number of carbonyl (C=O) groups excluding carboxylic acids is 1. The van der Waals surface area contributed by atoms with Crippen LogP contribution in [0.25, 0.3) is 5.82 Å². The van der Waals surface area contributed by atoms with E-state index in [-0.39, 0.29) is 5.69 Å². The van der Waals surface area contributed by atoms with Gasteiger partial charge in [-0.3, -0.25) is 0 Å². The molecule has 4 rings (SSSR count). The number of esters is 1. The number of aryl methyl sites for hydroxylation is 2. The Hall–Kier alpha value is -2.91. The van der Waals surface area contributed by atoms with Gasteiger partial charge in [0.2, 0.25) is 0 Å². The number of benzene rings is 1. The van der Waals surface area contributed by atoms with Crippen LogP contribution in [0.4, 0.5) is 5.69 Å². The third kappa shape index (κ3) is 4.25. The molecular formula is C20H21N5O3S. The number of nitrogens with zero attached hydrogens (tertiary/aromatic N) is 5. The number of fused-ring (bicyclic) bond motifs is 1. The van der Waals surface area contributed by atoms with Crippen molar-refractivity contribution in [1.29, 1.82) is 0 Å². The number of ether oxygens (including phenoxy) is 2. The highest BCUT2D eigenvalue weighted by Gasteiger charge is 2.19. The zero-order valence-corrected chi connectivity index (χ0v) is 17.1. The molecule has 0 saturated heterocycles. The second-order valence-corrected chi connectivity index (χ2v) is 7.54. The van der Waals surface area contributed by atoms with Crippen molar-refractivity contribution in [2.24, 2.45) is 0 Å². The number of hydrogen-bond donors (Lipinski definition) is 0. The Labute approximate surface area is 172 Å². The molecule has 0 fully saturated rings. The van der Waals surface area contributed by atoms with Gasteiger partial charge in [-0.15, -0.1) is 22.0 Å². The number of hydrogen-bond acceptors (Lipinski definition) is 8. The van der Waals surface area contributed by atoms with Gasteiger partial charge in [0.05, 0.1) is 24.4 Å². The van der Waals surface area contributed by atoms with E-state index in [4.69, 9.17) is 4.74 Å². The second kappa shape index (κ2) is 8.62. The fourth-order valence-corrected chi connectivity index (χ4v) is 4.21. The molecule has 0 N–H and O–H groups in total. The van der Waals surface area contributed by atoms with Crippen LogP contribution in [0.3, 0.4) is 0 Å². The first-order valence-corrected chi connectivity index (χ1v) is 10.1. The fourth-order valence-electron chi connectivity index (χ4n) is 3.13. The lowest BCUT2D eigenvalue weighted by Gasteiger charge is -2.16. The molecule has 0 spiro atoms. The number of thioether (sulfide) groups is 1. The molecule has 0 amide bonds. The summed E-state index contributed by atoms with van der Waals surface area (Å²) in [6.07, 6.45) is 3.58. The minimum Gasteiger partial charge on any atom is -0.464 e. The first kappa shape index (κ1) is 19.4. The second-order valence-electron chi connectivity index (χ2n) is 6.55. The maximum absolute atomic E-state index is 11.4. The molecule has 0 saturated carbocycles. The van der Waals surface area contributed by atoms with Crippen molar-refractivity contribution in [3.8, 4) is 5.82 Å². The van der Waals surface area contributed by atoms with E-state index in [1.54, 1.807) is 23.9 Å². The summed E-state index contributed by atoms with van der Waals surface area (Å²) >= 11 is 1.84. The van der Waals surface area contributed by atoms with Gasteiger partial charge in [-0.25, -0.2) is 9.48 Å². The van der Waals surface area contributed by atoms with Crippen LogP contribution < -0.4 is 4.90 Å². The van der Waals surface area contributed by atoms with Gasteiger partial charge < -0.3 is 14.4 Å². The van der Waals surface area contributed by atoms with E-state index in [1.807, 2.05) is 24.0 Å². The topological polar surface area (TPSA) is 82.4 Å². The van der Waals surface area contributed by atoms with Crippen molar-refractivity contribution in [2.75, 3.05) is 31.7 Å². The van der Waals surface area contributed by atoms with Gasteiger partial charge in [0, 0.05) is 18.2 Å². The Morgan fingerprint density at radius 1 is 1.14 bits per heavy atom. The smallest absolute Gasteiger partial charge is 0.358 e. The lowest BCUT2D eigenvalue weighted by Crippen LogP contribution is -2.21. The van der Waals surface area contributed by atoms with E-state index in [0.717, 1.165) is 24.4 Å². The van der Waals surface area contributed by atoms with Crippen molar-refractivity contribution in [3.05, 3.63) is 59.5 Å². The average Bonchev–Trinajstić information content (AvgIpc) is 3.39. The highest BCUT2D eigenvalue weighted by molar-refractivity contribution is 7.99. The van der Waals surface area contributed by atoms with Gasteiger partial charge in [0.1, 0.15) is 6.73 Å². The van der Waals surface area contributed by atoms with Crippen LogP contribution in [0.5, 0.6) is 0 Å². The fraction of sp³-hybridized carbons (Fsp3) is 0.300. The molecule has 3 aromatic rings. The summed E-state index contributed by atoms with van der Waals surface area (Å²) in [4.78, 5) is 15.0. The van der Waals surface area contributed by atoms with Gasteiger partial charge in [-0.1, -0.05) is 6.07 Å². The Morgan fingerprint density at radius 2 is 2.03 bits per heavy atom. The molecule has 1 aliphatic heterocycles. The van der Waals surface area contributed by atoms with Crippen LogP contribution in [0.2, 0.25) is 0 Å². The van der Waals surface area contributed by atoms with Crippen molar-refractivity contribution < 1.29 is 14.3 Å². The van der Waals surface area contributed by atoms with Crippen LogP contribution in [0, 0.1) is 0 Å². The molecule has 1 aliphatic rings. The van der Waals surface area contributed by atoms with Crippen LogP contribution in [0.15, 0.2) is 47.5 Å². The largest absolute Gasteiger partial charge is 0.464 e. The van der Waals surface area contributed by atoms with E-state index in [2.05, 4.69) is 43.1 Å². The summed E-state index contributed by atoms with van der Waals surface area (Å²) in [5.41, 5.74) is 3.66. The average molecular weight is 411 g/mol. The summed E-state index contributed by atoms with van der Waals surface area (Å²) in [6, 6.07) is 11.8. The SMILES string of the molecule is COCN1CSc2cc(CCc3ccn(-c4ccc(C(=O)OC)nn4)n3)ccc21. The summed E-state index contributed by atoms with van der Waals surface area (Å²) in [6.45, 7) is 0.611. The third-order valence-corrected chi connectivity index (χ3v) is 5.70. The van der Waals surface area contributed by atoms with Gasteiger partial charge >= 0.3 is 5.97 Å². The zero-order chi connectivity index (χ0) is 20.2. The standard InChI is InChI=1S/C20H21N5O3S/c1-27-12-24-13-29-18-11-14(4-7-17(18)24)3-5-15-9-10-25(23-15)19-8-6-16(21-22-19)20(26)28-2/h4,6-11H,3,5,12-13H2,1-2H3. The Bertz CT molecular complexity index is 1010. The molecule has 2 aromatic heterocycles. The van der Waals surface area contributed by atoms with Crippen LogP contribution in [0.1, 0.15) is 21.7 Å². The van der Waals surface area contributed by atoms with Gasteiger partial charge in [0.15, 0.2) is 11.5 Å². The molecule has 1 aromatic carbocycles. The molecule has 8 nitrogen and oxygen atoms in total. The first-order chi connectivity index (χ1) is 14.2. The summed E-state index contributed by atoms with van der Waals surface area (Å²) in [5.74, 6) is 0.964. The molecule has 9 heteroatoms. The Morgan fingerprint density at radius 3 is 2.79 bits per heavy atom. The highest BCUT2D eigenvalue weighted by atomic mass is 32.2. The molecule has 0 atom stereocenters. The zero-order valence-electron chi connectivity index (χ0n) is 16.2. The molecule has 3 heterocycles. The highest BCUT2D eigenvalue weighted by Crippen LogP contribution is 2.38. The minimum absolute atomic E-state index is 0.169. The van der Waals surface area contributed by atoms with E-state index in [9.17, 15) is 4.79 Å². The first-order valence-electron chi connectivity index (χ1n) is 9.14. The van der Waals surface area contributed by atoms with E-state index in [1.165, 1.54) is 23.3 Å². The third-order valence-electron chi connectivity index (χ3n) is 4.62. The van der Waals surface area contributed by atoms with Crippen LogP contribution in [-0.2, 0) is 22.3 Å². The van der Waals surface area contributed by atoms with E-state index >= 15 is 0 Å². The molecular weight excluding hydrogens is 390 g/mol. The van der Waals surface area contributed by atoms with E-state index in [0.29, 0.717) is 12.5 Å². The van der Waals surface area contributed by atoms with Crippen molar-refractivity contribution in [2.45, 2.75) is 17.7 Å². The van der Waals surface area contributed by atoms with E-state index < -0.39 is 5.97 Å². The van der Waals surface area contributed by atoms with Gasteiger partial charge in [-0.05, 0) is 48.7 Å². The lowest BCUT2D eigenvalue weighted by atomic mass is 10.1. The predicted octanol–water partition coefficient (Wildman–Crippen LogP) is 2.71. The van der Waals surface area contributed by atoms with Gasteiger partial charge in [-0.2, -0.15) is 5.10 Å². The van der Waals surface area contributed by atoms with Crippen molar-refractivity contribution >= 4 is 23.4 Å². The van der Waals surface area contributed by atoms with Crippen LogP contribution in [-0.4, -0.2) is 52.8 Å². The predicted molar refractivity (Wildman–Crippen MR) is 109 cm³/mol. The number of anilines is 1. The molecule has 0 unspecified atom stereocenters. The van der Waals surface area contributed by atoms with Crippen molar-refractivity contribution in [3.63, 3.8) is 0 Å². The number of aromatic nitrogens is 4. The minimum atomic E-state index is -0.511. The van der Waals surface area contributed by atoms with Crippen LogP contribution >= 0.6 is 11.8 Å². The number of carbonyl (C=O) groups is 1. The monoisotopic (exact) mass is 411 g/mol. The normalized spacial score (nSPS) is 12.8. The molecule has 0 radical (unpaired) electrons. The molecule has 150 valence electrons. The van der Waals surface area contributed by atoms with Gasteiger partial charge in [0.25, 0.3) is 0 Å². The molecule has 29 heavy (non-hydrogen) atoms. The Balaban J connectivity index is 1.39. The lowest BCUT2D eigenvalue weighted by molar-refractivity contribution is 0.0592. The maximum atomic E-state index is 11.4. The molecule has 0 aliphatic carbocycles. The quantitative estimate of drug-likeness (QED) is 0.549. The number of methoxy groups -OCH3 is 2. The number of rotatable bonds is 7. The molecule has 0 bridgehead atoms. The summed E-state index contributed by atoms with van der Waals surface area (Å²) in [5, 5.41) is 12.5. The summed E-state index contributed by atoms with van der Waals surface area (Å²) in [7, 11) is 3.03. The van der Waals surface area contributed by atoms with Crippen molar-refractivity contribution in [1.82, 2.24) is 20.0 Å². The Kier molecular flexibility index (Phi) is 5.77. The summed E-state index contributed by atoms with van der Waals surface area (Å²) < 4.78 is 11.5.